The van der Waals surface area contributed by atoms with Gasteiger partial charge in [-0.3, -0.25) is 19.3 Å². The number of benzene rings is 3. The smallest absolute Gasteiger partial charge is 0.291 e. The molecule has 1 aliphatic rings. The van der Waals surface area contributed by atoms with Gasteiger partial charge in [-0.15, -0.1) is 5.10 Å². The fourth-order valence-electron chi connectivity index (χ4n) is 5.09. The van der Waals surface area contributed by atoms with Crippen molar-refractivity contribution in [2.45, 2.75) is 13.8 Å². The van der Waals surface area contributed by atoms with E-state index in [4.69, 9.17) is 4.42 Å². The molecule has 1 aliphatic heterocycles. The highest BCUT2D eigenvalue weighted by molar-refractivity contribution is 7.15. The number of carbonyl (C=O) groups excluding carboxylic acids is 2. The van der Waals surface area contributed by atoms with Gasteiger partial charge in [0.05, 0.1) is 11.3 Å². The summed E-state index contributed by atoms with van der Waals surface area (Å²) in [5, 5.41) is 8.24. The number of nitrogens with zero attached hydrogens (tertiary/aromatic N) is 4. The van der Waals surface area contributed by atoms with Gasteiger partial charge in [0.1, 0.15) is 16.7 Å². The van der Waals surface area contributed by atoms with Crippen molar-refractivity contribution in [1.29, 1.82) is 0 Å². The van der Waals surface area contributed by atoms with E-state index in [0.717, 1.165) is 27.8 Å². The lowest BCUT2D eigenvalue weighted by atomic mass is 10.1. The quantitative estimate of drug-likeness (QED) is 0.356. The summed E-state index contributed by atoms with van der Waals surface area (Å²) < 4.78 is 7.41. The van der Waals surface area contributed by atoms with Gasteiger partial charge in [-0.1, -0.05) is 59.9 Å². The molecule has 10 heteroatoms. The number of aromatic nitrogens is 3. The van der Waals surface area contributed by atoms with Crippen molar-refractivity contribution in [1.82, 2.24) is 14.6 Å². The predicted octanol–water partition coefficient (Wildman–Crippen LogP) is 4.08. The molecular weight excluding hydrogens is 526 g/mol. The molecule has 1 N–H and O–H groups in total. The Morgan fingerprint density at radius 3 is 2.60 bits per heavy atom. The largest absolute Gasteiger partial charge is 0.452 e. The van der Waals surface area contributed by atoms with Gasteiger partial charge in [0, 0.05) is 22.2 Å². The molecule has 4 heterocycles. The maximum atomic E-state index is 13.7. The molecule has 0 bridgehead atoms. The summed E-state index contributed by atoms with van der Waals surface area (Å²) in [5.74, 6) is 0.0429. The number of hydrogen-bond donors (Lipinski definition) is 1. The highest BCUT2D eigenvalue weighted by atomic mass is 32.1. The molecule has 6 aromatic rings. The molecule has 7 rings (SSSR count). The molecule has 3 aromatic carbocycles. The van der Waals surface area contributed by atoms with E-state index < -0.39 is 11.5 Å². The minimum Gasteiger partial charge on any atom is -0.452 e. The summed E-state index contributed by atoms with van der Waals surface area (Å²) in [6, 6.07) is 22.2. The molecule has 0 spiro atoms. The first-order valence-corrected chi connectivity index (χ1v) is 13.4. The van der Waals surface area contributed by atoms with Crippen molar-refractivity contribution < 1.29 is 14.0 Å². The fraction of sp³-hybridized carbons (Fsp3) is 0.100. The lowest BCUT2D eigenvalue weighted by molar-refractivity contribution is -0.118. The van der Waals surface area contributed by atoms with Gasteiger partial charge in [-0.25, -0.2) is 0 Å². The van der Waals surface area contributed by atoms with Gasteiger partial charge >= 0.3 is 0 Å². The van der Waals surface area contributed by atoms with E-state index in [9.17, 15) is 14.4 Å². The zero-order valence-corrected chi connectivity index (χ0v) is 22.3. The standard InChI is InChI=1S/C30H21N5O4S/c1-16-8-7-9-18(14-16)31-23(36)15-34-21-12-5-3-11-20(21)24(28(34)37)26-29(38)35-30(40-26)32-27(33-35)25-17(2)19-10-4-6-13-22(19)39-25/h3-14H,15H2,1-2H3,(H,31,36)/b26-24-. The Balaban J connectivity index is 1.28. The maximum Gasteiger partial charge on any atom is 0.291 e. The number of nitrogens with one attached hydrogen (secondary N) is 1. The van der Waals surface area contributed by atoms with Crippen molar-refractivity contribution >= 4 is 56.0 Å². The van der Waals surface area contributed by atoms with Gasteiger partial charge in [-0.05, 0) is 43.7 Å². The average molecular weight is 548 g/mol. The Morgan fingerprint density at radius 2 is 1.80 bits per heavy atom. The monoisotopic (exact) mass is 547 g/mol. The molecule has 0 atom stereocenters. The molecule has 2 amide bonds. The van der Waals surface area contributed by atoms with Gasteiger partial charge in [-0.2, -0.15) is 9.50 Å². The molecule has 40 heavy (non-hydrogen) atoms. The van der Waals surface area contributed by atoms with Crippen molar-refractivity contribution in [2.75, 3.05) is 16.8 Å². The zero-order valence-electron chi connectivity index (χ0n) is 21.5. The Bertz CT molecular complexity index is 2120. The molecule has 0 aliphatic carbocycles. The van der Waals surface area contributed by atoms with Crippen LogP contribution in [-0.2, 0) is 9.59 Å². The number of amides is 2. The van der Waals surface area contributed by atoms with E-state index in [1.54, 1.807) is 30.3 Å². The van der Waals surface area contributed by atoms with Crippen LogP contribution in [0.4, 0.5) is 11.4 Å². The molecule has 0 radical (unpaired) electrons. The summed E-state index contributed by atoms with van der Waals surface area (Å²) in [6.45, 7) is 3.66. The minimum atomic E-state index is -0.447. The van der Waals surface area contributed by atoms with Crippen molar-refractivity contribution in [3.8, 4) is 11.6 Å². The number of rotatable bonds is 4. The number of para-hydroxylation sites is 2. The number of carbonyl (C=O) groups is 2. The number of anilines is 2. The molecule has 0 unspecified atom stereocenters. The molecule has 9 nitrogen and oxygen atoms in total. The van der Waals surface area contributed by atoms with Crippen molar-refractivity contribution in [2.24, 2.45) is 0 Å². The molecule has 0 fully saturated rings. The number of fused-ring (bicyclic) bond motifs is 3. The van der Waals surface area contributed by atoms with Crippen molar-refractivity contribution in [3.63, 3.8) is 0 Å². The zero-order chi connectivity index (χ0) is 27.5. The van der Waals surface area contributed by atoms with E-state index in [-0.39, 0.29) is 22.6 Å². The van der Waals surface area contributed by atoms with Gasteiger partial charge in [0.25, 0.3) is 11.5 Å². The lowest BCUT2D eigenvalue weighted by Crippen LogP contribution is -2.37. The van der Waals surface area contributed by atoms with Crippen LogP contribution in [0.3, 0.4) is 0 Å². The summed E-state index contributed by atoms with van der Waals surface area (Å²) in [7, 11) is 0. The Hall–Kier alpha value is -5.09. The van der Waals surface area contributed by atoms with E-state index in [1.807, 2.05) is 56.3 Å². The lowest BCUT2D eigenvalue weighted by Gasteiger charge is -2.16. The van der Waals surface area contributed by atoms with E-state index >= 15 is 0 Å². The van der Waals surface area contributed by atoms with Crippen LogP contribution in [0.25, 0.3) is 33.1 Å². The second-order valence-electron chi connectivity index (χ2n) is 9.62. The van der Waals surface area contributed by atoms with E-state index in [1.165, 1.54) is 9.42 Å². The Kier molecular flexibility index (Phi) is 5.39. The van der Waals surface area contributed by atoms with Crippen molar-refractivity contribution in [3.05, 3.63) is 104 Å². The van der Waals surface area contributed by atoms with Crippen LogP contribution in [0.5, 0.6) is 0 Å². The Labute approximate surface area is 231 Å². The average Bonchev–Trinajstić information content (AvgIpc) is 3.66. The van der Waals surface area contributed by atoms with E-state index in [0.29, 0.717) is 39.1 Å². The van der Waals surface area contributed by atoms with Crippen LogP contribution >= 0.6 is 11.3 Å². The maximum absolute atomic E-state index is 13.7. The van der Waals surface area contributed by atoms with Gasteiger partial charge < -0.3 is 9.73 Å². The third kappa shape index (κ3) is 3.72. The predicted molar refractivity (Wildman–Crippen MR) is 153 cm³/mol. The van der Waals surface area contributed by atoms with Crippen LogP contribution in [0.1, 0.15) is 16.7 Å². The summed E-state index contributed by atoms with van der Waals surface area (Å²) in [6.07, 6.45) is 0. The third-order valence-corrected chi connectivity index (χ3v) is 7.99. The number of hydrogen-bond acceptors (Lipinski definition) is 7. The molecule has 3 aromatic heterocycles. The first kappa shape index (κ1) is 24.0. The van der Waals surface area contributed by atoms with E-state index in [2.05, 4.69) is 15.4 Å². The normalized spacial score (nSPS) is 14.3. The second kappa shape index (κ2) is 8.99. The summed E-state index contributed by atoms with van der Waals surface area (Å²) in [5.41, 5.74) is 4.21. The number of aryl methyl sites for hydroxylation is 2. The second-order valence-corrected chi connectivity index (χ2v) is 10.6. The van der Waals surface area contributed by atoms with Gasteiger partial charge in [0.2, 0.25) is 16.7 Å². The van der Waals surface area contributed by atoms with Crippen LogP contribution in [0.2, 0.25) is 0 Å². The topological polar surface area (TPSA) is 110 Å². The van der Waals surface area contributed by atoms with Crippen LogP contribution < -0.4 is 20.3 Å². The van der Waals surface area contributed by atoms with Crippen LogP contribution in [-0.4, -0.2) is 33.0 Å². The van der Waals surface area contributed by atoms with Crippen LogP contribution in [0, 0.1) is 13.8 Å². The molecule has 196 valence electrons. The minimum absolute atomic E-state index is 0.197. The molecule has 0 saturated carbocycles. The highest BCUT2D eigenvalue weighted by Gasteiger charge is 2.35. The first-order chi connectivity index (χ1) is 19.4. The SMILES string of the molecule is Cc1cccc(NC(=O)CN2C(=O)/C(=c3\sc4nc(-c5oc6ccccc6c5C)nn4c3=O)c3ccccc32)c1. The Morgan fingerprint density at radius 1 is 1.00 bits per heavy atom. The van der Waals surface area contributed by atoms with Crippen LogP contribution in [0.15, 0.2) is 82.0 Å². The summed E-state index contributed by atoms with van der Waals surface area (Å²) in [4.78, 5) is 46.5. The fourth-order valence-corrected chi connectivity index (χ4v) is 6.09. The molecular formula is C30H21N5O4S. The highest BCUT2D eigenvalue weighted by Crippen LogP contribution is 2.35. The number of thiazole rings is 1. The van der Waals surface area contributed by atoms with Gasteiger partial charge in [0.15, 0.2) is 5.76 Å². The third-order valence-electron chi connectivity index (χ3n) is 6.96. The number of furan rings is 1. The molecule has 0 saturated heterocycles. The summed E-state index contributed by atoms with van der Waals surface area (Å²) >= 11 is 1.09. The first-order valence-electron chi connectivity index (χ1n) is 12.6.